The molecule has 2 aromatic carbocycles. The maximum atomic E-state index is 12.3. The first-order chi connectivity index (χ1) is 9.47. The quantitative estimate of drug-likeness (QED) is 0.332. The van der Waals surface area contributed by atoms with Crippen molar-refractivity contribution in [3.8, 4) is 0 Å². The van der Waals surface area contributed by atoms with Crippen molar-refractivity contribution in [3.63, 3.8) is 0 Å². The van der Waals surface area contributed by atoms with Gasteiger partial charge in [0, 0.05) is 20.5 Å². The number of hydrogen-bond donors (Lipinski definition) is 0. The van der Waals surface area contributed by atoms with Gasteiger partial charge in [-0.2, -0.15) is 0 Å². The summed E-state index contributed by atoms with van der Waals surface area (Å²) in [5, 5.41) is 1.51. The smallest absolute Gasteiger partial charge is 0.188 e. The van der Waals surface area contributed by atoms with Gasteiger partial charge in [0.15, 0.2) is 5.78 Å². The lowest BCUT2D eigenvalue weighted by atomic mass is 10.1. The van der Waals surface area contributed by atoms with Gasteiger partial charge in [0.1, 0.15) is 4.16 Å². The second kappa shape index (κ2) is 7.19. The minimum Gasteiger partial charge on any atom is -0.292 e. The van der Waals surface area contributed by atoms with Crippen LogP contribution in [0, 0.1) is 0 Å². The van der Waals surface area contributed by atoms with Crippen molar-refractivity contribution in [3.05, 3.63) is 63.1 Å². The standard InChI is InChI=1S/C14H8BrCl3OS/c15-14(20-10-4-1-8(16)2-5-10)13(19)11-6-3-9(17)7-12(11)18/h1-7,14H/t14-/m0/s1. The van der Waals surface area contributed by atoms with Gasteiger partial charge in [-0.05, 0) is 42.5 Å². The molecule has 0 aliphatic rings. The number of alkyl halides is 1. The van der Waals surface area contributed by atoms with Crippen LogP contribution in [0.3, 0.4) is 0 Å². The van der Waals surface area contributed by atoms with Crippen molar-refractivity contribution in [1.29, 1.82) is 0 Å². The van der Waals surface area contributed by atoms with Crippen LogP contribution in [0.1, 0.15) is 10.4 Å². The zero-order chi connectivity index (χ0) is 14.7. The molecule has 1 nitrogen and oxygen atoms in total. The van der Waals surface area contributed by atoms with E-state index in [1.54, 1.807) is 30.3 Å². The molecule has 104 valence electrons. The molecule has 0 saturated carbocycles. The van der Waals surface area contributed by atoms with Crippen LogP contribution in [0.4, 0.5) is 0 Å². The predicted octanol–water partition coefficient (Wildman–Crippen LogP) is 6.34. The first-order valence-corrected chi connectivity index (χ1v) is 8.46. The molecule has 0 unspecified atom stereocenters. The SMILES string of the molecule is O=C(c1ccc(Cl)cc1Cl)[C@@H](Br)Sc1ccc(Cl)cc1. The molecule has 0 aliphatic carbocycles. The van der Waals surface area contributed by atoms with E-state index in [0.29, 0.717) is 20.6 Å². The molecular formula is C14H8BrCl3OS. The third-order valence-corrected chi connectivity index (χ3v) is 5.20. The molecule has 6 heteroatoms. The Kier molecular flexibility index (Phi) is 5.82. The molecule has 0 saturated heterocycles. The van der Waals surface area contributed by atoms with Crippen LogP contribution >= 0.6 is 62.5 Å². The Morgan fingerprint density at radius 3 is 2.20 bits per heavy atom. The first-order valence-electron chi connectivity index (χ1n) is 5.53. The van der Waals surface area contributed by atoms with E-state index in [4.69, 9.17) is 34.8 Å². The van der Waals surface area contributed by atoms with Crippen molar-refractivity contribution >= 4 is 68.3 Å². The topological polar surface area (TPSA) is 17.1 Å². The van der Waals surface area contributed by atoms with Gasteiger partial charge in [0.25, 0.3) is 0 Å². The van der Waals surface area contributed by atoms with E-state index >= 15 is 0 Å². The zero-order valence-electron chi connectivity index (χ0n) is 9.95. The number of Topliss-reactive ketones (excluding diaryl/α,β-unsaturated/α-hetero) is 1. The third kappa shape index (κ3) is 4.15. The van der Waals surface area contributed by atoms with Crippen LogP contribution in [0.15, 0.2) is 47.4 Å². The molecule has 0 amide bonds. The monoisotopic (exact) mass is 408 g/mol. The van der Waals surface area contributed by atoms with Crippen LogP contribution in [-0.4, -0.2) is 9.94 Å². The second-order valence-corrected chi connectivity index (χ2v) is 7.86. The summed E-state index contributed by atoms with van der Waals surface area (Å²) in [7, 11) is 0. The number of carbonyl (C=O) groups excluding carboxylic acids is 1. The van der Waals surface area contributed by atoms with Crippen molar-refractivity contribution < 1.29 is 4.79 Å². The summed E-state index contributed by atoms with van der Waals surface area (Å²) >= 11 is 22.4. The molecule has 1 atom stereocenters. The van der Waals surface area contributed by atoms with Gasteiger partial charge < -0.3 is 0 Å². The average molecular weight is 411 g/mol. The van der Waals surface area contributed by atoms with Gasteiger partial charge >= 0.3 is 0 Å². The van der Waals surface area contributed by atoms with Crippen LogP contribution in [-0.2, 0) is 0 Å². The minimum atomic E-state index is -0.428. The third-order valence-electron chi connectivity index (χ3n) is 2.46. The minimum absolute atomic E-state index is 0.105. The summed E-state index contributed by atoms with van der Waals surface area (Å²) in [6.07, 6.45) is 0. The van der Waals surface area contributed by atoms with Gasteiger partial charge in [0.2, 0.25) is 0 Å². The van der Waals surface area contributed by atoms with Crippen molar-refractivity contribution in [2.45, 2.75) is 9.05 Å². The number of ketones is 1. The molecule has 0 aliphatic heterocycles. The fraction of sp³-hybridized carbons (Fsp3) is 0.0714. The first kappa shape index (κ1) is 16.2. The summed E-state index contributed by atoms with van der Waals surface area (Å²) in [5.74, 6) is -0.105. The van der Waals surface area contributed by atoms with Crippen LogP contribution in [0.25, 0.3) is 0 Å². The Morgan fingerprint density at radius 1 is 1.00 bits per heavy atom. The van der Waals surface area contributed by atoms with E-state index in [9.17, 15) is 4.79 Å². The maximum Gasteiger partial charge on any atom is 0.188 e. The molecule has 0 fully saturated rings. The van der Waals surface area contributed by atoms with Crippen molar-refractivity contribution in [2.75, 3.05) is 0 Å². The van der Waals surface area contributed by atoms with E-state index in [1.165, 1.54) is 11.8 Å². The Labute approximate surface area is 144 Å². The average Bonchev–Trinajstić information content (AvgIpc) is 2.40. The highest BCUT2D eigenvalue weighted by Crippen LogP contribution is 2.32. The van der Waals surface area contributed by atoms with Gasteiger partial charge in [-0.3, -0.25) is 4.79 Å². The van der Waals surface area contributed by atoms with Crippen LogP contribution in [0.5, 0.6) is 0 Å². The molecule has 20 heavy (non-hydrogen) atoms. The lowest BCUT2D eigenvalue weighted by Gasteiger charge is -2.10. The second-order valence-electron chi connectivity index (χ2n) is 3.88. The fourth-order valence-electron chi connectivity index (χ4n) is 1.50. The number of thioether (sulfide) groups is 1. The van der Waals surface area contributed by atoms with E-state index in [2.05, 4.69) is 15.9 Å². The number of hydrogen-bond acceptors (Lipinski definition) is 2. The molecule has 2 rings (SSSR count). The van der Waals surface area contributed by atoms with Gasteiger partial charge in [-0.1, -0.05) is 50.7 Å². The fourth-order valence-corrected chi connectivity index (χ4v) is 3.79. The summed E-state index contributed by atoms with van der Waals surface area (Å²) in [6.45, 7) is 0. The molecule has 0 radical (unpaired) electrons. The highest BCUT2D eigenvalue weighted by molar-refractivity contribution is 9.11. The van der Waals surface area contributed by atoms with E-state index < -0.39 is 4.16 Å². The number of benzene rings is 2. The Morgan fingerprint density at radius 2 is 1.60 bits per heavy atom. The lowest BCUT2D eigenvalue weighted by Crippen LogP contribution is -2.11. The molecule has 0 N–H and O–H groups in total. The Hall–Kier alpha value is -0.190. The summed E-state index contributed by atoms with van der Waals surface area (Å²) < 4.78 is -0.428. The van der Waals surface area contributed by atoms with Crippen LogP contribution in [0.2, 0.25) is 15.1 Å². The Balaban J connectivity index is 2.14. The van der Waals surface area contributed by atoms with Gasteiger partial charge in [-0.25, -0.2) is 0 Å². The number of halogens is 4. The molecule has 0 aromatic heterocycles. The molecule has 0 heterocycles. The van der Waals surface area contributed by atoms with Gasteiger partial charge in [0.05, 0.1) is 5.02 Å². The summed E-state index contributed by atoms with van der Waals surface area (Å²) in [6, 6.07) is 12.1. The largest absolute Gasteiger partial charge is 0.292 e. The number of carbonyl (C=O) groups is 1. The molecule has 0 spiro atoms. The Bertz CT molecular complexity index is 631. The summed E-state index contributed by atoms with van der Waals surface area (Å²) in [5.41, 5.74) is 0.444. The van der Waals surface area contributed by atoms with Crippen molar-refractivity contribution in [1.82, 2.24) is 0 Å². The van der Waals surface area contributed by atoms with E-state index in [1.807, 2.05) is 12.1 Å². The maximum absolute atomic E-state index is 12.3. The molecule has 2 aromatic rings. The zero-order valence-corrected chi connectivity index (χ0v) is 14.6. The van der Waals surface area contributed by atoms with E-state index in [0.717, 1.165) is 4.90 Å². The normalized spacial score (nSPS) is 12.2. The predicted molar refractivity (Wildman–Crippen MR) is 90.8 cm³/mol. The van der Waals surface area contributed by atoms with Crippen LogP contribution < -0.4 is 0 Å². The lowest BCUT2D eigenvalue weighted by molar-refractivity contribution is 0.101. The van der Waals surface area contributed by atoms with Gasteiger partial charge in [-0.15, -0.1) is 11.8 Å². The van der Waals surface area contributed by atoms with E-state index in [-0.39, 0.29) is 5.78 Å². The molecule has 0 bridgehead atoms. The highest BCUT2D eigenvalue weighted by Gasteiger charge is 2.20. The molecular weight excluding hydrogens is 402 g/mol. The number of rotatable bonds is 4. The highest BCUT2D eigenvalue weighted by atomic mass is 79.9. The van der Waals surface area contributed by atoms with Crippen molar-refractivity contribution in [2.24, 2.45) is 0 Å². The summed E-state index contributed by atoms with van der Waals surface area (Å²) in [4.78, 5) is 13.3.